The highest BCUT2D eigenvalue weighted by Crippen LogP contribution is 2.51. The number of allylic oxidation sites excluding steroid dienone is 2. The fraction of sp³-hybridized carbons (Fsp3) is 0.382. The molecular formula is C34H37N3O. The minimum Gasteiger partial charge on any atom is -0.377 e. The number of amides is 1. The molecule has 0 spiro atoms. The number of anilines is 1. The van der Waals surface area contributed by atoms with Gasteiger partial charge in [-0.15, -0.1) is 0 Å². The molecule has 1 amide bonds. The molecule has 3 aromatic carbocycles. The van der Waals surface area contributed by atoms with Gasteiger partial charge in [0.15, 0.2) is 0 Å². The van der Waals surface area contributed by atoms with Gasteiger partial charge in [-0.05, 0) is 67.5 Å². The van der Waals surface area contributed by atoms with Crippen molar-refractivity contribution < 1.29 is 4.79 Å². The number of nitrogens with zero attached hydrogens (tertiary/aromatic N) is 2. The molecule has 2 aliphatic carbocycles. The van der Waals surface area contributed by atoms with Gasteiger partial charge in [-0.2, -0.15) is 0 Å². The summed E-state index contributed by atoms with van der Waals surface area (Å²) in [6.07, 6.45) is 11.7. The van der Waals surface area contributed by atoms with Crippen LogP contribution >= 0.6 is 0 Å². The Balaban J connectivity index is 1.30. The van der Waals surface area contributed by atoms with Gasteiger partial charge < -0.3 is 14.8 Å². The van der Waals surface area contributed by atoms with Crippen LogP contribution in [0.4, 0.5) is 5.69 Å². The Labute approximate surface area is 225 Å². The summed E-state index contributed by atoms with van der Waals surface area (Å²) in [5, 5.41) is 6.56. The van der Waals surface area contributed by atoms with Crippen LogP contribution in [0.15, 0.2) is 72.8 Å². The number of aryl methyl sites for hydroxylation is 1. The first-order valence-corrected chi connectivity index (χ1v) is 14.5. The number of benzene rings is 3. The number of rotatable bonds is 4. The van der Waals surface area contributed by atoms with Crippen molar-refractivity contribution in [1.29, 1.82) is 0 Å². The Bertz CT molecular complexity index is 1560. The van der Waals surface area contributed by atoms with Crippen molar-refractivity contribution in [3.8, 4) is 0 Å². The van der Waals surface area contributed by atoms with E-state index < -0.39 is 0 Å². The SMILES string of the molecule is CCn1c2ccccc2c2cc(C3Nc4c(C(=O)N(C)C5CCCCC5)cccc4C4C=CCC43)ccc21. The van der Waals surface area contributed by atoms with Crippen molar-refractivity contribution in [3.63, 3.8) is 0 Å². The highest BCUT2D eigenvalue weighted by atomic mass is 16.2. The van der Waals surface area contributed by atoms with Gasteiger partial charge in [0.25, 0.3) is 5.91 Å². The zero-order valence-corrected chi connectivity index (χ0v) is 22.5. The van der Waals surface area contributed by atoms with Crippen LogP contribution in [-0.4, -0.2) is 28.5 Å². The van der Waals surface area contributed by atoms with Crippen LogP contribution in [0, 0.1) is 5.92 Å². The number of para-hydroxylation sites is 2. The van der Waals surface area contributed by atoms with Gasteiger partial charge in [-0.25, -0.2) is 0 Å². The Morgan fingerprint density at radius 2 is 1.79 bits per heavy atom. The van der Waals surface area contributed by atoms with Crippen molar-refractivity contribution in [1.82, 2.24) is 9.47 Å². The van der Waals surface area contributed by atoms with E-state index in [1.165, 1.54) is 52.2 Å². The Kier molecular flexibility index (Phi) is 5.79. The lowest BCUT2D eigenvalue weighted by atomic mass is 9.76. The molecule has 1 aliphatic heterocycles. The predicted molar refractivity (Wildman–Crippen MR) is 157 cm³/mol. The summed E-state index contributed by atoms with van der Waals surface area (Å²) in [4.78, 5) is 15.9. The fourth-order valence-corrected chi connectivity index (χ4v) is 7.56. The zero-order valence-electron chi connectivity index (χ0n) is 22.5. The summed E-state index contributed by atoms with van der Waals surface area (Å²) in [7, 11) is 2.01. The van der Waals surface area contributed by atoms with Crippen molar-refractivity contribution in [2.45, 2.75) is 70.0 Å². The van der Waals surface area contributed by atoms with E-state index in [9.17, 15) is 4.79 Å². The molecule has 4 nitrogen and oxygen atoms in total. The average molecular weight is 504 g/mol. The molecule has 0 radical (unpaired) electrons. The fourth-order valence-electron chi connectivity index (χ4n) is 7.56. The molecule has 0 saturated heterocycles. The molecule has 4 aromatic rings. The third kappa shape index (κ3) is 3.60. The van der Waals surface area contributed by atoms with Gasteiger partial charge in [0, 0.05) is 47.4 Å². The van der Waals surface area contributed by atoms with Crippen LogP contribution in [0.3, 0.4) is 0 Å². The Hall–Kier alpha value is -3.53. The smallest absolute Gasteiger partial charge is 0.255 e. The topological polar surface area (TPSA) is 37.3 Å². The van der Waals surface area contributed by atoms with Crippen LogP contribution < -0.4 is 5.32 Å². The van der Waals surface area contributed by atoms with Gasteiger partial charge in [0.05, 0.1) is 17.3 Å². The molecule has 1 fully saturated rings. The summed E-state index contributed by atoms with van der Waals surface area (Å²) in [6.45, 7) is 3.17. The average Bonchev–Trinajstić information content (AvgIpc) is 3.59. The number of nitrogens with one attached hydrogen (secondary N) is 1. The normalized spacial score (nSPS) is 22.8. The second-order valence-electron chi connectivity index (χ2n) is 11.5. The Morgan fingerprint density at radius 3 is 2.63 bits per heavy atom. The third-order valence-electron chi connectivity index (χ3n) is 9.54. The molecular weight excluding hydrogens is 466 g/mol. The minimum absolute atomic E-state index is 0.155. The van der Waals surface area contributed by atoms with Crippen LogP contribution in [0.25, 0.3) is 21.8 Å². The molecule has 3 atom stereocenters. The van der Waals surface area contributed by atoms with E-state index >= 15 is 0 Å². The van der Waals surface area contributed by atoms with Gasteiger partial charge in [0.1, 0.15) is 0 Å². The van der Waals surface area contributed by atoms with Gasteiger partial charge >= 0.3 is 0 Å². The molecule has 194 valence electrons. The van der Waals surface area contributed by atoms with Gasteiger partial charge in [0.2, 0.25) is 0 Å². The molecule has 1 N–H and O–H groups in total. The molecule has 7 rings (SSSR count). The standard InChI is InChI=1S/C34H37N3O/c1-3-37-30-18-8-7-13-25(30)29-21-22(19-20-31(29)37)32-26-15-9-14-24(26)27-16-10-17-28(33(27)35-32)34(38)36(2)23-11-5-4-6-12-23/h7-10,13-14,16-21,23-24,26,32,35H,3-6,11-12,15H2,1-2H3. The quantitative estimate of drug-likeness (QED) is 0.286. The lowest BCUT2D eigenvalue weighted by Gasteiger charge is -2.39. The predicted octanol–water partition coefficient (Wildman–Crippen LogP) is 8.05. The van der Waals surface area contributed by atoms with Gasteiger partial charge in [-0.1, -0.05) is 67.8 Å². The monoisotopic (exact) mass is 503 g/mol. The zero-order chi connectivity index (χ0) is 25.8. The van der Waals surface area contributed by atoms with Crippen LogP contribution in [0.1, 0.15) is 78.9 Å². The van der Waals surface area contributed by atoms with Crippen molar-refractivity contribution in [2.75, 3.05) is 12.4 Å². The summed E-state index contributed by atoms with van der Waals surface area (Å²) in [5.41, 5.74) is 7.02. The largest absolute Gasteiger partial charge is 0.377 e. The molecule has 1 aromatic heterocycles. The first kappa shape index (κ1) is 23.6. The first-order chi connectivity index (χ1) is 18.7. The number of hydrogen-bond acceptors (Lipinski definition) is 2. The molecule has 4 heteroatoms. The van der Waals surface area contributed by atoms with E-state index in [0.717, 1.165) is 37.1 Å². The van der Waals surface area contributed by atoms with Crippen LogP contribution in [0.2, 0.25) is 0 Å². The summed E-state index contributed by atoms with van der Waals surface area (Å²) >= 11 is 0. The number of carbonyl (C=O) groups is 1. The van der Waals surface area contributed by atoms with Crippen molar-refractivity contribution in [3.05, 3.63) is 89.5 Å². The Morgan fingerprint density at radius 1 is 0.974 bits per heavy atom. The van der Waals surface area contributed by atoms with E-state index in [4.69, 9.17) is 0 Å². The molecule has 2 heterocycles. The lowest BCUT2D eigenvalue weighted by molar-refractivity contribution is 0.0697. The maximum Gasteiger partial charge on any atom is 0.255 e. The maximum atomic E-state index is 13.9. The molecule has 3 aliphatic rings. The summed E-state index contributed by atoms with van der Waals surface area (Å²) < 4.78 is 2.41. The highest BCUT2D eigenvalue weighted by molar-refractivity contribution is 6.08. The van der Waals surface area contributed by atoms with E-state index in [0.29, 0.717) is 17.9 Å². The number of carbonyl (C=O) groups excluding carboxylic acids is 1. The third-order valence-corrected chi connectivity index (χ3v) is 9.54. The number of fused-ring (bicyclic) bond motifs is 6. The van der Waals surface area contributed by atoms with E-state index in [1.54, 1.807) is 0 Å². The van der Waals surface area contributed by atoms with Crippen molar-refractivity contribution in [2.24, 2.45) is 5.92 Å². The van der Waals surface area contributed by atoms with E-state index in [1.807, 2.05) is 18.0 Å². The van der Waals surface area contributed by atoms with Crippen molar-refractivity contribution >= 4 is 33.4 Å². The maximum absolute atomic E-state index is 13.9. The van der Waals surface area contributed by atoms with Crippen LogP contribution in [-0.2, 0) is 6.54 Å². The minimum atomic E-state index is 0.155. The highest BCUT2D eigenvalue weighted by Gasteiger charge is 2.40. The second-order valence-corrected chi connectivity index (χ2v) is 11.5. The van der Waals surface area contributed by atoms with Gasteiger partial charge in [-0.3, -0.25) is 4.79 Å². The first-order valence-electron chi connectivity index (χ1n) is 14.5. The molecule has 1 saturated carbocycles. The second kappa shape index (κ2) is 9.34. The molecule has 0 bridgehead atoms. The molecule has 38 heavy (non-hydrogen) atoms. The number of hydrogen-bond donors (Lipinski definition) is 1. The lowest BCUT2D eigenvalue weighted by Crippen LogP contribution is -2.39. The van der Waals surface area contributed by atoms with E-state index in [2.05, 4.69) is 83.6 Å². The number of aromatic nitrogens is 1. The van der Waals surface area contributed by atoms with E-state index in [-0.39, 0.29) is 11.9 Å². The summed E-state index contributed by atoms with van der Waals surface area (Å²) in [6, 6.07) is 22.6. The van der Waals surface area contributed by atoms with Crippen LogP contribution in [0.5, 0.6) is 0 Å². The molecule has 3 unspecified atom stereocenters. The summed E-state index contributed by atoms with van der Waals surface area (Å²) in [5.74, 6) is 0.930.